The van der Waals surface area contributed by atoms with E-state index in [0.717, 1.165) is 37.2 Å². The molecule has 0 radical (unpaired) electrons. The molecule has 2 fully saturated rings. The number of carbonyl (C=O) groups is 2. The Morgan fingerprint density at radius 3 is 2.35 bits per heavy atom. The molecule has 142 valence electrons. The van der Waals surface area contributed by atoms with Crippen molar-refractivity contribution in [3.05, 3.63) is 29.8 Å². The van der Waals surface area contributed by atoms with Gasteiger partial charge in [-0.2, -0.15) is 0 Å². The molecule has 0 aromatic heterocycles. The van der Waals surface area contributed by atoms with Crippen LogP contribution in [0.3, 0.4) is 0 Å². The van der Waals surface area contributed by atoms with E-state index in [9.17, 15) is 9.59 Å². The van der Waals surface area contributed by atoms with Gasteiger partial charge in [-0.25, -0.2) is 4.79 Å². The van der Waals surface area contributed by atoms with Gasteiger partial charge in [-0.15, -0.1) is 0 Å². The van der Waals surface area contributed by atoms with Crippen molar-refractivity contribution < 1.29 is 14.3 Å². The fourth-order valence-electron chi connectivity index (χ4n) is 3.84. The number of carbonyl (C=O) groups excluding carboxylic acids is 2. The number of hydrogen-bond acceptors (Lipinski definition) is 4. The standard InChI is InChI=1S/C20H29N3O3/c1-14-7-5-6-8-17(14)21-18(24)13-22-11-15-9-10-16(12-22)23(15)19(25)26-20(2,3)4/h5-8,15-16H,9-13H2,1-4H3,(H,21,24). The number of aryl methyl sites for hydroxylation is 1. The minimum Gasteiger partial charge on any atom is -0.444 e. The molecule has 6 heteroatoms. The Bertz CT molecular complexity index is 669. The molecular formula is C20H29N3O3. The lowest BCUT2D eigenvalue weighted by Gasteiger charge is -2.41. The molecule has 2 aliphatic heterocycles. The molecule has 3 rings (SSSR count). The molecule has 2 atom stereocenters. The van der Waals surface area contributed by atoms with E-state index in [1.54, 1.807) is 0 Å². The molecule has 1 aromatic carbocycles. The fourth-order valence-corrected chi connectivity index (χ4v) is 3.84. The van der Waals surface area contributed by atoms with Gasteiger partial charge in [0.05, 0.1) is 6.54 Å². The van der Waals surface area contributed by atoms with Crippen molar-refractivity contribution in [1.29, 1.82) is 0 Å². The summed E-state index contributed by atoms with van der Waals surface area (Å²) in [6, 6.07) is 8.04. The summed E-state index contributed by atoms with van der Waals surface area (Å²) in [7, 11) is 0. The third kappa shape index (κ3) is 4.36. The van der Waals surface area contributed by atoms with Crippen molar-refractivity contribution in [1.82, 2.24) is 9.80 Å². The highest BCUT2D eigenvalue weighted by Gasteiger charge is 2.44. The number of hydrogen-bond donors (Lipinski definition) is 1. The lowest BCUT2D eigenvalue weighted by Crippen LogP contribution is -2.57. The molecule has 1 N–H and O–H groups in total. The van der Waals surface area contributed by atoms with E-state index in [2.05, 4.69) is 10.2 Å². The Balaban J connectivity index is 1.56. The maximum atomic E-state index is 12.5. The summed E-state index contributed by atoms with van der Waals surface area (Å²) in [5.41, 5.74) is 1.42. The van der Waals surface area contributed by atoms with Crippen LogP contribution in [-0.4, -0.2) is 59.1 Å². The summed E-state index contributed by atoms with van der Waals surface area (Å²) in [4.78, 5) is 28.9. The van der Waals surface area contributed by atoms with Crippen molar-refractivity contribution in [2.24, 2.45) is 0 Å². The minimum absolute atomic E-state index is 0.00980. The van der Waals surface area contributed by atoms with E-state index in [1.165, 1.54) is 0 Å². The highest BCUT2D eigenvalue weighted by Crippen LogP contribution is 2.31. The number of amides is 2. The summed E-state index contributed by atoms with van der Waals surface area (Å²) >= 11 is 0. The van der Waals surface area contributed by atoms with Gasteiger partial charge in [0, 0.05) is 30.9 Å². The molecule has 1 aromatic rings. The number of nitrogens with zero attached hydrogens (tertiary/aromatic N) is 2. The van der Waals surface area contributed by atoms with Crippen molar-refractivity contribution in [3.8, 4) is 0 Å². The van der Waals surface area contributed by atoms with Gasteiger partial charge < -0.3 is 10.1 Å². The second kappa shape index (κ2) is 7.27. The summed E-state index contributed by atoms with van der Waals surface area (Å²) in [6.07, 6.45) is 1.72. The third-order valence-electron chi connectivity index (χ3n) is 4.95. The van der Waals surface area contributed by atoms with E-state index >= 15 is 0 Å². The van der Waals surface area contributed by atoms with E-state index in [-0.39, 0.29) is 24.1 Å². The van der Waals surface area contributed by atoms with Crippen LogP contribution >= 0.6 is 0 Å². The number of anilines is 1. The van der Waals surface area contributed by atoms with Crippen LogP contribution < -0.4 is 5.32 Å². The van der Waals surface area contributed by atoms with Crippen molar-refractivity contribution >= 4 is 17.7 Å². The molecule has 2 aliphatic rings. The Labute approximate surface area is 155 Å². The molecule has 2 heterocycles. The fraction of sp³-hybridized carbons (Fsp3) is 0.600. The maximum Gasteiger partial charge on any atom is 0.410 e. The van der Waals surface area contributed by atoms with E-state index in [4.69, 9.17) is 4.74 Å². The van der Waals surface area contributed by atoms with Crippen LogP contribution in [0, 0.1) is 6.92 Å². The number of benzene rings is 1. The molecule has 2 unspecified atom stereocenters. The number of ether oxygens (including phenoxy) is 1. The Morgan fingerprint density at radius 1 is 1.15 bits per heavy atom. The van der Waals surface area contributed by atoms with Crippen LogP contribution in [0.5, 0.6) is 0 Å². The normalized spacial score (nSPS) is 23.0. The molecule has 0 spiro atoms. The van der Waals surface area contributed by atoms with Gasteiger partial charge in [-0.05, 0) is 52.2 Å². The number of piperazine rings is 1. The predicted molar refractivity (Wildman–Crippen MR) is 101 cm³/mol. The average Bonchev–Trinajstić information content (AvgIpc) is 2.80. The molecule has 2 amide bonds. The number of fused-ring (bicyclic) bond motifs is 2. The van der Waals surface area contributed by atoms with Crippen LogP contribution in [0.25, 0.3) is 0 Å². The predicted octanol–water partition coefficient (Wildman–Crippen LogP) is 3.02. The van der Waals surface area contributed by atoms with Gasteiger partial charge >= 0.3 is 6.09 Å². The topological polar surface area (TPSA) is 61.9 Å². The summed E-state index contributed by atoms with van der Waals surface area (Å²) < 4.78 is 5.56. The number of nitrogens with one attached hydrogen (secondary N) is 1. The number of rotatable bonds is 3. The van der Waals surface area contributed by atoms with Gasteiger partial charge in [-0.1, -0.05) is 18.2 Å². The van der Waals surface area contributed by atoms with Gasteiger partial charge in [-0.3, -0.25) is 14.6 Å². The third-order valence-corrected chi connectivity index (χ3v) is 4.95. The highest BCUT2D eigenvalue weighted by molar-refractivity contribution is 5.93. The zero-order chi connectivity index (χ0) is 18.9. The molecular weight excluding hydrogens is 330 g/mol. The SMILES string of the molecule is Cc1ccccc1NC(=O)CN1CC2CCC(C1)N2C(=O)OC(C)(C)C. The van der Waals surface area contributed by atoms with Crippen molar-refractivity contribution in [2.75, 3.05) is 25.0 Å². The zero-order valence-electron chi connectivity index (χ0n) is 16.1. The van der Waals surface area contributed by atoms with Crippen molar-refractivity contribution in [3.63, 3.8) is 0 Å². The smallest absolute Gasteiger partial charge is 0.410 e. The van der Waals surface area contributed by atoms with Crippen LogP contribution in [0.2, 0.25) is 0 Å². The quantitative estimate of drug-likeness (QED) is 0.901. The maximum absolute atomic E-state index is 12.5. The second-order valence-electron chi connectivity index (χ2n) is 8.33. The minimum atomic E-state index is -0.485. The van der Waals surface area contributed by atoms with Crippen molar-refractivity contribution in [2.45, 2.75) is 58.2 Å². The Morgan fingerprint density at radius 2 is 1.77 bits per heavy atom. The molecule has 0 saturated carbocycles. The first-order chi connectivity index (χ1) is 12.2. The first kappa shape index (κ1) is 18.7. The van der Waals surface area contributed by atoms with Crippen LogP contribution in [-0.2, 0) is 9.53 Å². The zero-order valence-corrected chi connectivity index (χ0v) is 16.1. The van der Waals surface area contributed by atoms with Gasteiger partial charge in [0.25, 0.3) is 0 Å². The van der Waals surface area contributed by atoms with Crippen LogP contribution in [0.15, 0.2) is 24.3 Å². The molecule has 6 nitrogen and oxygen atoms in total. The van der Waals surface area contributed by atoms with E-state index in [1.807, 2.05) is 56.9 Å². The summed E-state index contributed by atoms with van der Waals surface area (Å²) in [5.74, 6) is -0.00980. The van der Waals surface area contributed by atoms with E-state index in [0.29, 0.717) is 6.54 Å². The Kier molecular flexibility index (Phi) is 5.23. The lowest BCUT2D eigenvalue weighted by molar-refractivity contribution is -0.118. The van der Waals surface area contributed by atoms with Gasteiger partial charge in [0.15, 0.2) is 0 Å². The summed E-state index contributed by atoms with van der Waals surface area (Å²) in [5, 5.41) is 2.99. The molecule has 0 aliphatic carbocycles. The molecule has 2 bridgehead atoms. The Hall–Kier alpha value is -2.08. The summed E-state index contributed by atoms with van der Waals surface area (Å²) in [6.45, 7) is 9.43. The van der Waals surface area contributed by atoms with Crippen LogP contribution in [0.4, 0.5) is 10.5 Å². The monoisotopic (exact) mass is 359 g/mol. The highest BCUT2D eigenvalue weighted by atomic mass is 16.6. The second-order valence-corrected chi connectivity index (χ2v) is 8.33. The first-order valence-corrected chi connectivity index (χ1v) is 9.32. The average molecular weight is 359 g/mol. The number of likely N-dealkylation sites (tertiary alicyclic amines) is 1. The molecule has 26 heavy (non-hydrogen) atoms. The van der Waals surface area contributed by atoms with E-state index < -0.39 is 5.60 Å². The largest absolute Gasteiger partial charge is 0.444 e. The first-order valence-electron chi connectivity index (χ1n) is 9.32. The molecule has 2 saturated heterocycles. The van der Waals surface area contributed by atoms with Gasteiger partial charge in [0.2, 0.25) is 5.91 Å². The lowest BCUT2D eigenvalue weighted by atomic mass is 10.2. The number of para-hydroxylation sites is 1. The van der Waals surface area contributed by atoms with Gasteiger partial charge in [0.1, 0.15) is 5.60 Å². The van der Waals surface area contributed by atoms with Crippen LogP contribution in [0.1, 0.15) is 39.2 Å².